The minimum Gasteiger partial charge on any atom is -0.429 e. The molecule has 0 saturated carbocycles. The number of benzene rings is 3. The van der Waals surface area contributed by atoms with Gasteiger partial charge in [0.25, 0.3) is 11.5 Å². The third-order valence-electron chi connectivity index (χ3n) is 5.21. The highest BCUT2D eigenvalue weighted by atomic mass is 16.8. The van der Waals surface area contributed by atoms with Crippen molar-refractivity contribution in [3.05, 3.63) is 102 Å². The van der Waals surface area contributed by atoms with Gasteiger partial charge in [0.15, 0.2) is 0 Å². The Morgan fingerprint density at radius 2 is 1.25 bits per heavy atom. The standard InChI is InChI=1S/C23H17NO4/c25-21-23(22(26)27-20(28-23)17-12-6-2-7-13-17)19(16-10-4-1-5-11-16)24(21)18-14-8-3-9-15-18/h1-15,19-20H/t19-,20+,23-/m0/s1. The summed E-state index contributed by atoms with van der Waals surface area (Å²) in [6, 6.07) is 27.3. The molecule has 2 heterocycles. The number of nitrogens with zero attached hydrogens (tertiary/aromatic N) is 1. The van der Waals surface area contributed by atoms with Crippen LogP contribution in [0.3, 0.4) is 0 Å². The van der Waals surface area contributed by atoms with Gasteiger partial charge in [-0.15, -0.1) is 0 Å². The second-order valence-corrected chi connectivity index (χ2v) is 6.83. The molecule has 2 fully saturated rings. The minimum absolute atomic E-state index is 0.406. The molecule has 0 aromatic heterocycles. The maximum absolute atomic E-state index is 13.3. The third kappa shape index (κ3) is 2.30. The van der Waals surface area contributed by atoms with Crippen molar-refractivity contribution in [2.75, 3.05) is 4.90 Å². The summed E-state index contributed by atoms with van der Waals surface area (Å²) in [6.45, 7) is 0. The molecule has 0 bridgehead atoms. The van der Waals surface area contributed by atoms with Crippen LogP contribution in [0.2, 0.25) is 0 Å². The molecule has 5 nitrogen and oxygen atoms in total. The van der Waals surface area contributed by atoms with Crippen LogP contribution in [0.1, 0.15) is 23.5 Å². The molecule has 3 atom stereocenters. The van der Waals surface area contributed by atoms with Crippen LogP contribution in [-0.2, 0) is 19.1 Å². The third-order valence-corrected chi connectivity index (χ3v) is 5.21. The largest absolute Gasteiger partial charge is 0.429 e. The lowest BCUT2D eigenvalue weighted by molar-refractivity contribution is -0.168. The summed E-state index contributed by atoms with van der Waals surface area (Å²) in [7, 11) is 0. The van der Waals surface area contributed by atoms with Gasteiger partial charge >= 0.3 is 5.97 Å². The fourth-order valence-electron chi connectivity index (χ4n) is 3.89. The number of hydrogen-bond donors (Lipinski definition) is 0. The van der Waals surface area contributed by atoms with E-state index >= 15 is 0 Å². The number of hydrogen-bond acceptors (Lipinski definition) is 4. The van der Waals surface area contributed by atoms with E-state index in [-0.39, 0.29) is 0 Å². The van der Waals surface area contributed by atoms with Gasteiger partial charge in [0, 0.05) is 11.3 Å². The van der Waals surface area contributed by atoms with Gasteiger partial charge in [-0.3, -0.25) is 9.69 Å². The van der Waals surface area contributed by atoms with E-state index in [1.54, 1.807) is 4.90 Å². The van der Waals surface area contributed by atoms with E-state index in [9.17, 15) is 9.59 Å². The molecule has 0 N–H and O–H groups in total. The quantitative estimate of drug-likeness (QED) is 0.399. The molecule has 0 aliphatic carbocycles. The van der Waals surface area contributed by atoms with Gasteiger partial charge in [-0.05, 0) is 17.7 Å². The van der Waals surface area contributed by atoms with E-state index in [2.05, 4.69) is 0 Å². The molecule has 5 heteroatoms. The van der Waals surface area contributed by atoms with E-state index in [1.807, 2.05) is 91.0 Å². The van der Waals surface area contributed by atoms with Crippen LogP contribution in [0.15, 0.2) is 91.0 Å². The van der Waals surface area contributed by atoms with Crippen LogP contribution in [0.4, 0.5) is 5.69 Å². The molecule has 2 aliphatic heterocycles. The van der Waals surface area contributed by atoms with Gasteiger partial charge in [0.2, 0.25) is 6.29 Å². The number of amides is 1. The number of rotatable bonds is 3. The van der Waals surface area contributed by atoms with Crippen LogP contribution in [0, 0.1) is 0 Å². The highest BCUT2D eigenvalue weighted by molar-refractivity contribution is 6.21. The molecule has 0 radical (unpaired) electrons. The molecule has 3 aromatic carbocycles. The maximum Gasteiger partial charge on any atom is 0.353 e. The zero-order valence-electron chi connectivity index (χ0n) is 14.9. The van der Waals surface area contributed by atoms with Crippen molar-refractivity contribution >= 4 is 17.6 Å². The van der Waals surface area contributed by atoms with E-state index in [1.165, 1.54) is 0 Å². The summed E-state index contributed by atoms with van der Waals surface area (Å²) in [4.78, 5) is 27.8. The SMILES string of the molecule is O=C1O[C@@H](c2ccccc2)O[C@@]12C(=O)N(c1ccccc1)[C@H]2c1ccccc1. The average Bonchev–Trinajstić information content (AvgIpc) is 3.13. The molecule has 1 spiro atoms. The van der Waals surface area contributed by atoms with Crippen LogP contribution in [-0.4, -0.2) is 17.5 Å². The highest BCUT2D eigenvalue weighted by Gasteiger charge is 2.73. The maximum atomic E-state index is 13.3. The topological polar surface area (TPSA) is 55.8 Å². The molecular weight excluding hydrogens is 354 g/mol. The van der Waals surface area contributed by atoms with Gasteiger partial charge in [0.05, 0.1) is 0 Å². The molecule has 5 rings (SSSR count). The van der Waals surface area contributed by atoms with Crippen LogP contribution in [0.5, 0.6) is 0 Å². The summed E-state index contributed by atoms with van der Waals surface area (Å²) in [5, 5.41) is 0. The fourth-order valence-corrected chi connectivity index (χ4v) is 3.89. The van der Waals surface area contributed by atoms with Crippen molar-refractivity contribution in [2.24, 2.45) is 0 Å². The Balaban J connectivity index is 1.58. The zero-order valence-corrected chi connectivity index (χ0v) is 14.9. The molecule has 28 heavy (non-hydrogen) atoms. The lowest BCUT2D eigenvalue weighted by Crippen LogP contribution is -2.71. The van der Waals surface area contributed by atoms with Crippen LogP contribution < -0.4 is 4.90 Å². The Bertz CT molecular complexity index is 1020. The Hall–Kier alpha value is -3.44. The lowest BCUT2D eigenvalue weighted by Gasteiger charge is -2.50. The highest BCUT2D eigenvalue weighted by Crippen LogP contribution is 2.54. The second-order valence-electron chi connectivity index (χ2n) is 6.83. The number of para-hydroxylation sites is 1. The van der Waals surface area contributed by atoms with Gasteiger partial charge in [0.1, 0.15) is 6.04 Å². The Kier molecular flexibility index (Phi) is 3.77. The Labute approximate surface area is 162 Å². The Morgan fingerprint density at radius 3 is 1.86 bits per heavy atom. The summed E-state index contributed by atoms with van der Waals surface area (Å²) in [5.41, 5.74) is 0.561. The summed E-state index contributed by atoms with van der Waals surface area (Å²) in [6.07, 6.45) is -0.901. The van der Waals surface area contributed by atoms with Crippen LogP contribution >= 0.6 is 0 Å². The number of esters is 1. The number of ether oxygens (including phenoxy) is 2. The fraction of sp³-hybridized carbons (Fsp3) is 0.130. The van der Waals surface area contributed by atoms with Gasteiger partial charge < -0.3 is 9.47 Å². The first-order chi connectivity index (χ1) is 13.7. The number of β-lactam (4-membered cyclic amide) rings is 1. The number of carbonyl (C=O) groups is 2. The molecule has 2 saturated heterocycles. The molecule has 138 valence electrons. The molecular formula is C23H17NO4. The van der Waals surface area contributed by atoms with Crippen molar-refractivity contribution in [1.29, 1.82) is 0 Å². The monoisotopic (exact) mass is 371 g/mol. The Morgan fingerprint density at radius 1 is 0.714 bits per heavy atom. The van der Waals surface area contributed by atoms with Gasteiger partial charge in [-0.25, -0.2) is 4.79 Å². The van der Waals surface area contributed by atoms with Gasteiger partial charge in [-0.2, -0.15) is 0 Å². The summed E-state index contributed by atoms with van der Waals surface area (Å²) < 4.78 is 11.6. The summed E-state index contributed by atoms with van der Waals surface area (Å²) in [5.74, 6) is -1.05. The van der Waals surface area contributed by atoms with Crippen LogP contribution in [0.25, 0.3) is 0 Å². The first-order valence-corrected chi connectivity index (χ1v) is 9.09. The molecule has 3 aromatic rings. The normalized spacial score (nSPS) is 26.2. The average molecular weight is 371 g/mol. The first-order valence-electron chi connectivity index (χ1n) is 9.09. The number of cyclic esters (lactones) is 1. The minimum atomic E-state index is -1.67. The predicted octanol–water partition coefficient (Wildman–Crippen LogP) is 3.79. The molecule has 2 aliphatic rings. The molecule has 1 amide bonds. The van der Waals surface area contributed by atoms with E-state index in [0.717, 1.165) is 5.56 Å². The summed E-state index contributed by atoms with van der Waals surface area (Å²) >= 11 is 0. The predicted molar refractivity (Wildman–Crippen MR) is 102 cm³/mol. The zero-order chi connectivity index (χ0) is 19.1. The second kappa shape index (κ2) is 6.32. The number of carbonyl (C=O) groups excluding carboxylic acids is 2. The van der Waals surface area contributed by atoms with Crippen molar-refractivity contribution < 1.29 is 19.1 Å². The van der Waals surface area contributed by atoms with Crippen molar-refractivity contribution in [2.45, 2.75) is 17.9 Å². The molecule has 0 unspecified atom stereocenters. The van der Waals surface area contributed by atoms with Crippen molar-refractivity contribution in [3.63, 3.8) is 0 Å². The smallest absolute Gasteiger partial charge is 0.353 e. The lowest BCUT2D eigenvalue weighted by atomic mass is 9.77. The van der Waals surface area contributed by atoms with E-state index in [4.69, 9.17) is 9.47 Å². The van der Waals surface area contributed by atoms with E-state index in [0.29, 0.717) is 11.3 Å². The first kappa shape index (κ1) is 16.7. The number of anilines is 1. The van der Waals surface area contributed by atoms with Crippen molar-refractivity contribution in [3.8, 4) is 0 Å². The van der Waals surface area contributed by atoms with E-state index < -0.39 is 29.8 Å². The van der Waals surface area contributed by atoms with Gasteiger partial charge in [-0.1, -0.05) is 78.9 Å². The van der Waals surface area contributed by atoms with Crippen molar-refractivity contribution in [1.82, 2.24) is 0 Å².